The van der Waals surface area contributed by atoms with Crippen LogP contribution in [0, 0.1) is 0 Å². The first-order valence-electron chi connectivity index (χ1n) is 6.81. The SMILES string of the molecule is Cl.O=C(NCc1ccc2c(c1)OCCO2)C1CNCCO1. The van der Waals surface area contributed by atoms with Crippen LogP contribution in [0.3, 0.4) is 0 Å². The molecule has 0 bridgehead atoms. The van der Waals surface area contributed by atoms with E-state index in [9.17, 15) is 4.79 Å². The summed E-state index contributed by atoms with van der Waals surface area (Å²) in [4.78, 5) is 11.9. The predicted octanol–water partition coefficient (Wildman–Crippen LogP) is 0.484. The molecular weight excluding hydrogens is 296 g/mol. The molecule has 1 saturated heterocycles. The number of morpholine rings is 1. The Hall–Kier alpha value is -1.50. The molecule has 7 heteroatoms. The summed E-state index contributed by atoms with van der Waals surface area (Å²) in [6.45, 7) is 3.52. The molecule has 6 nitrogen and oxygen atoms in total. The number of hydrogen-bond acceptors (Lipinski definition) is 5. The van der Waals surface area contributed by atoms with Gasteiger partial charge in [-0.3, -0.25) is 4.79 Å². The third-order valence-electron chi connectivity index (χ3n) is 3.29. The Kier molecular flexibility index (Phi) is 5.67. The van der Waals surface area contributed by atoms with Crippen molar-refractivity contribution in [2.75, 3.05) is 32.9 Å². The van der Waals surface area contributed by atoms with Gasteiger partial charge in [-0.1, -0.05) is 6.07 Å². The molecule has 0 aliphatic carbocycles. The lowest BCUT2D eigenvalue weighted by Crippen LogP contribution is -2.47. The number of ether oxygens (including phenoxy) is 3. The molecule has 0 radical (unpaired) electrons. The molecule has 116 valence electrons. The molecule has 0 saturated carbocycles. The fourth-order valence-electron chi connectivity index (χ4n) is 2.23. The van der Waals surface area contributed by atoms with E-state index in [2.05, 4.69) is 10.6 Å². The largest absolute Gasteiger partial charge is 0.486 e. The Morgan fingerprint density at radius 1 is 1.24 bits per heavy atom. The highest BCUT2D eigenvalue weighted by atomic mass is 35.5. The van der Waals surface area contributed by atoms with Crippen LogP contribution in [-0.4, -0.2) is 44.9 Å². The second-order valence-corrected chi connectivity index (χ2v) is 4.76. The Bertz CT molecular complexity index is 492. The molecule has 2 aliphatic rings. The summed E-state index contributed by atoms with van der Waals surface area (Å²) in [7, 11) is 0. The van der Waals surface area contributed by atoms with Crippen molar-refractivity contribution in [3.63, 3.8) is 0 Å². The van der Waals surface area contributed by atoms with Gasteiger partial charge in [0.25, 0.3) is 5.91 Å². The second-order valence-electron chi connectivity index (χ2n) is 4.76. The predicted molar refractivity (Wildman–Crippen MR) is 79.1 cm³/mol. The van der Waals surface area contributed by atoms with E-state index in [-0.39, 0.29) is 18.3 Å². The topological polar surface area (TPSA) is 68.8 Å². The molecule has 1 unspecified atom stereocenters. The summed E-state index contributed by atoms with van der Waals surface area (Å²) in [5.74, 6) is 1.40. The van der Waals surface area contributed by atoms with Gasteiger partial charge in [0, 0.05) is 19.6 Å². The summed E-state index contributed by atoms with van der Waals surface area (Å²) in [5.41, 5.74) is 0.978. The Balaban J connectivity index is 0.00000161. The lowest BCUT2D eigenvalue weighted by atomic mass is 10.2. The molecule has 1 amide bonds. The molecule has 1 fully saturated rings. The van der Waals surface area contributed by atoms with E-state index >= 15 is 0 Å². The highest BCUT2D eigenvalue weighted by molar-refractivity contribution is 5.85. The first kappa shape index (κ1) is 15.9. The molecular formula is C14H19ClN2O4. The van der Waals surface area contributed by atoms with Gasteiger partial charge in [0.15, 0.2) is 11.5 Å². The van der Waals surface area contributed by atoms with Crippen molar-refractivity contribution < 1.29 is 19.0 Å². The van der Waals surface area contributed by atoms with Crippen LogP contribution in [0.25, 0.3) is 0 Å². The van der Waals surface area contributed by atoms with Crippen molar-refractivity contribution in [2.45, 2.75) is 12.6 Å². The second kappa shape index (κ2) is 7.49. The summed E-state index contributed by atoms with van der Waals surface area (Å²) >= 11 is 0. The van der Waals surface area contributed by atoms with E-state index in [1.807, 2.05) is 18.2 Å². The average molecular weight is 315 g/mol. The number of fused-ring (bicyclic) bond motifs is 1. The van der Waals surface area contributed by atoms with Gasteiger partial charge < -0.3 is 24.8 Å². The average Bonchev–Trinajstić information content (AvgIpc) is 2.53. The van der Waals surface area contributed by atoms with Gasteiger partial charge in [0.1, 0.15) is 19.3 Å². The van der Waals surface area contributed by atoms with Crippen molar-refractivity contribution in [1.82, 2.24) is 10.6 Å². The number of halogens is 1. The number of benzene rings is 1. The molecule has 1 atom stereocenters. The van der Waals surface area contributed by atoms with Crippen molar-refractivity contribution in [3.05, 3.63) is 23.8 Å². The number of carbonyl (C=O) groups is 1. The van der Waals surface area contributed by atoms with Crippen molar-refractivity contribution in [2.24, 2.45) is 0 Å². The van der Waals surface area contributed by atoms with Crippen molar-refractivity contribution in [1.29, 1.82) is 0 Å². The van der Waals surface area contributed by atoms with Crippen LogP contribution < -0.4 is 20.1 Å². The van der Waals surface area contributed by atoms with Crippen LogP contribution >= 0.6 is 12.4 Å². The Morgan fingerprint density at radius 2 is 2.05 bits per heavy atom. The number of rotatable bonds is 3. The maximum absolute atomic E-state index is 11.9. The van der Waals surface area contributed by atoms with Crippen LogP contribution in [0.1, 0.15) is 5.56 Å². The summed E-state index contributed by atoms with van der Waals surface area (Å²) in [6, 6.07) is 5.69. The third-order valence-corrected chi connectivity index (χ3v) is 3.29. The maximum atomic E-state index is 11.9. The minimum absolute atomic E-state index is 0. The molecule has 2 N–H and O–H groups in total. The third kappa shape index (κ3) is 4.00. The Morgan fingerprint density at radius 3 is 2.81 bits per heavy atom. The van der Waals surface area contributed by atoms with E-state index in [0.717, 1.165) is 23.6 Å². The minimum Gasteiger partial charge on any atom is -0.486 e. The van der Waals surface area contributed by atoms with Crippen LogP contribution in [0.2, 0.25) is 0 Å². The van der Waals surface area contributed by atoms with E-state index in [1.54, 1.807) is 0 Å². The summed E-state index contributed by atoms with van der Waals surface area (Å²) < 4.78 is 16.4. The molecule has 2 heterocycles. The fraction of sp³-hybridized carbons (Fsp3) is 0.500. The van der Waals surface area contributed by atoms with Gasteiger partial charge in [-0.05, 0) is 17.7 Å². The van der Waals surface area contributed by atoms with Crippen LogP contribution in [0.4, 0.5) is 0 Å². The summed E-state index contributed by atoms with van der Waals surface area (Å²) in [6.07, 6.45) is -0.402. The minimum atomic E-state index is -0.402. The van der Waals surface area contributed by atoms with Crippen molar-refractivity contribution in [3.8, 4) is 11.5 Å². The van der Waals surface area contributed by atoms with Gasteiger partial charge >= 0.3 is 0 Å². The quantitative estimate of drug-likeness (QED) is 0.849. The lowest BCUT2D eigenvalue weighted by Gasteiger charge is -2.23. The zero-order valence-corrected chi connectivity index (χ0v) is 12.4. The highest BCUT2D eigenvalue weighted by Crippen LogP contribution is 2.30. The maximum Gasteiger partial charge on any atom is 0.250 e. The van der Waals surface area contributed by atoms with Gasteiger partial charge in [-0.25, -0.2) is 0 Å². The standard InChI is InChI=1S/C14H18N2O4.ClH/c17-14(13-9-15-3-4-18-13)16-8-10-1-2-11-12(7-10)20-6-5-19-11;/h1-2,7,13,15H,3-6,8-9H2,(H,16,17);1H. The fourth-order valence-corrected chi connectivity index (χ4v) is 2.23. The Labute approximate surface area is 129 Å². The molecule has 1 aromatic rings. The molecule has 3 rings (SSSR count). The number of nitrogens with one attached hydrogen (secondary N) is 2. The zero-order valence-electron chi connectivity index (χ0n) is 11.6. The molecule has 2 aliphatic heterocycles. The summed E-state index contributed by atoms with van der Waals surface area (Å²) in [5, 5.41) is 6.01. The van der Waals surface area contributed by atoms with Gasteiger partial charge in [-0.2, -0.15) is 0 Å². The van der Waals surface area contributed by atoms with E-state index in [4.69, 9.17) is 14.2 Å². The molecule has 1 aromatic carbocycles. The lowest BCUT2D eigenvalue weighted by molar-refractivity contribution is -0.134. The zero-order chi connectivity index (χ0) is 13.8. The number of hydrogen-bond donors (Lipinski definition) is 2. The van der Waals surface area contributed by atoms with E-state index in [0.29, 0.717) is 32.9 Å². The van der Waals surface area contributed by atoms with Crippen molar-refractivity contribution >= 4 is 18.3 Å². The smallest absolute Gasteiger partial charge is 0.250 e. The number of carbonyl (C=O) groups excluding carboxylic acids is 1. The van der Waals surface area contributed by atoms with Crippen LogP contribution in [0.5, 0.6) is 11.5 Å². The van der Waals surface area contributed by atoms with Crippen LogP contribution in [-0.2, 0) is 16.1 Å². The van der Waals surface area contributed by atoms with E-state index in [1.165, 1.54) is 0 Å². The first-order valence-corrected chi connectivity index (χ1v) is 6.81. The highest BCUT2D eigenvalue weighted by Gasteiger charge is 2.21. The molecule has 21 heavy (non-hydrogen) atoms. The first-order chi connectivity index (χ1) is 9.83. The number of amides is 1. The van der Waals surface area contributed by atoms with Gasteiger partial charge in [0.05, 0.1) is 6.61 Å². The molecule has 0 aromatic heterocycles. The van der Waals surface area contributed by atoms with E-state index < -0.39 is 6.10 Å². The molecule has 0 spiro atoms. The monoisotopic (exact) mass is 314 g/mol. The van der Waals surface area contributed by atoms with Gasteiger partial charge in [0.2, 0.25) is 0 Å². The van der Waals surface area contributed by atoms with Crippen LogP contribution in [0.15, 0.2) is 18.2 Å². The van der Waals surface area contributed by atoms with Gasteiger partial charge in [-0.15, -0.1) is 12.4 Å². The normalized spacial score (nSPS) is 20.3.